The third-order valence-electron chi connectivity index (χ3n) is 5.02. The van der Waals surface area contributed by atoms with Gasteiger partial charge in [-0.2, -0.15) is 0 Å². The van der Waals surface area contributed by atoms with Crippen LogP contribution in [0.15, 0.2) is 24.4 Å². The number of hydrogen-bond acceptors (Lipinski definition) is 1. The molecule has 0 aliphatic rings. The quantitative estimate of drug-likeness (QED) is 0.713. The van der Waals surface area contributed by atoms with Crippen LogP contribution in [0.25, 0.3) is 12.2 Å². The Kier molecular flexibility index (Phi) is 7.67. The molecule has 2 heteroatoms. The van der Waals surface area contributed by atoms with Gasteiger partial charge in [0.15, 0.2) is 0 Å². The number of allylic oxidation sites excluding steroid dienone is 2. The average Bonchev–Trinajstić information content (AvgIpc) is 2.95. The lowest BCUT2D eigenvalue weighted by Crippen LogP contribution is -2.36. The summed E-state index contributed by atoms with van der Waals surface area (Å²) in [6.07, 6.45) is 12.2. The Labute approximate surface area is 135 Å². The van der Waals surface area contributed by atoms with E-state index in [0.29, 0.717) is 5.92 Å². The fourth-order valence-electron chi connectivity index (χ4n) is 3.43. The standard InChI is InChI=1S/C20H33NO/c1-6-11-17(19-14-15-21-16(19)5)12-10-13-18(7-2)20(22,8-3)9-4/h6,11,14-15,18,21-22H,5,7-10,12-13H2,1-4H3/b11-6-,19-17+. The van der Waals surface area contributed by atoms with Crippen molar-refractivity contribution in [1.29, 1.82) is 0 Å². The van der Waals surface area contributed by atoms with Gasteiger partial charge in [0.05, 0.1) is 5.60 Å². The van der Waals surface area contributed by atoms with Crippen molar-refractivity contribution in [2.75, 3.05) is 0 Å². The van der Waals surface area contributed by atoms with Crippen LogP contribution in [0.2, 0.25) is 0 Å². The molecule has 0 amide bonds. The normalized spacial score (nSPS) is 15.3. The molecule has 1 rings (SSSR count). The number of nitrogens with one attached hydrogen (secondary N) is 1. The first-order valence-electron chi connectivity index (χ1n) is 8.72. The van der Waals surface area contributed by atoms with Crippen LogP contribution in [0.4, 0.5) is 0 Å². The van der Waals surface area contributed by atoms with E-state index in [1.807, 2.05) is 6.20 Å². The lowest BCUT2D eigenvalue weighted by atomic mass is 9.78. The second kappa shape index (κ2) is 8.99. The van der Waals surface area contributed by atoms with E-state index in [9.17, 15) is 5.11 Å². The molecule has 0 saturated carbocycles. The van der Waals surface area contributed by atoms with Crippen molar-refractivity contribution in [2.45, 2.75) is 71.8 Å². The zero-order valence-electron chi connectivity index (χ0n) is 14.8. The summed E-state index contributed by atoms with van der Waals surface area (Å²) in [6.45, 7) is 12.5. The monoisotopic (exact) mass is 303 g/mol. The van der Waals surface area contributed by atoms with Crippen molar-refractivity contribution in [3.8, 4) is 0 Å². The molecular formula is C20H33NO. The number of aromatic nitrogens is 1. The Morgan fingerprint density at radius 2 is 2.05 bits per heavy atom. The second-order valence-corrected chi connectivity index (χ2v) is 6.20. The Balaban J connectivity index is 2.80. The first-order valence-corrected chi connectivity index (χ1v) is 8.72. The lowest BCUT2D eigenvalue weighted by molar-refractivity contribution is -0.0311. The van der Waals surface area contributed by atoms with Gasteiger partial charge in [0.25, 0.3) is 0 Å². The smallest absolute Gasteiger partial charge is 0.0670 e. The first kappa shape index (κ1) is 18.8. The van der Waals surface area contributed by atoms with Crippen molar-refractivity contribution >= 4 is 12.2 Å². The van der Waals surface area contributed by atoms with Crippen molar-refractivity contribution in [2.24, 2.45) is 5.92 Å². The van der Waals surface area contributed by atoms with Gasteiger partial charge in [-0.25, -0.2) is 0 Å². The molecule has 0 fully saturated rings. The van der Waals surface area contributed by atoms with Crippen molar-refractivity contribution in [1.82, 2.24) is 4.98 Å². The fourth-order valence-corrected chi connectivity index (χ4v) is 3.43. The molecule has 2 nitrogen and oxygen atoms in total. The van der Waals surface area contributed by atoms with E-state index in [2.05, 4.69) is 57.5 Å². The molecule has 0 aromatic carbocycles. The zero-order chi connectivity index (χ0) is 16.6. The molecule has 2 N–H and O–H groups in total. The van der Waals surface area contributed by atoms with Gasteiger partial charge in [0, 0.05) is 16.8 Å². The van der Waals surface area contributed by atoms with Crippen LogP contribution in [-0.4, -0.2) is 15.7 Å². The minimum atomic E-state index is -0.499. The lowest BCUT2D eigenvalue weighted by Gasteiger charge is -2.34. The molecule has 124 valence electrons. The average molecular weight is 303 g/mol. The van der Waals surface area contributed by atoms with Crippen molar-refractivity contribution in [3.63, 3.8) is 0 Å². The molecule has 0 bridgehead atoms. The first-order chi connectivity index (χ1) is 10.5. The molecule has 1 aromatic heterocycles. The van der Waals surface area contributed by atoms with Crippen LogP contribution in [0, 0.1) is 5.92 Å². The molecule has 1 heterocycles. The molecule has 1 atom stereocenters. The highest BCUT2D eigenvalue weighted by Crippen LogP contribution is 2.32. The number of hydrogen-bond donors (Lipinski definition) is 2. The third kappa shape index (κ3) is 4.61. The molecule has 1 unspecified atom stereocenters. The molecule has 0 aliphatic carbocycles. The largest absolute Gasteiger partial charge is 0.390 e. The molecule has 0 saturated heterocycles. The topological polar surface area (TPSA) is 36.0 Å². The van der Waals surface area contributed by atoms with Gasteiger partial charge >= 0.3 is 0 Å². The molecule has 22 heavy (non-hydrogen) atoms. The minimum Gasteiger partial charge on any atom is -0.390 e. The van der Waals surface area contributed by atoms with Gasteiger partial charge in [0.2, 0.25) is 0 Å². The summed E-state index contributed by atoms with van der Waals surface area (Å²) in [5, 5.41) is 12.9. The van der Waals surface area contributed by atoms with Gasteiger partial charge in [-0.1, -0.05) is 45.9 Å². The van der Waals surface area contributed by atoms with Crippen LogP contribution in [-0.2, 0) is 0 Å². The van der Waals surface area contributed by atoms with E-state index < -0.39 is 5.60 Å². The van der Waals surface area contributed by atoms with Gasteiger partial charge in [0.1, 0.15) is 0 Å². The zero-order valence-corrected chi connectivity index (χ0v) is 14.8. The van der Waals surface area contributed by atoms with E-state index >= 15 is 0 Å². The highest BCUT2D eigenvalue weighted by Gasteiger charge is 2.31. The van der Waals surface area contributed by atoms with E-state index in [1.165, 1.54) is 10.8 Å². The summed E-state index contributed by atoms with van der Waals surface area (Å²) < 4.78 is 0. The van der Waals surface area contributed by atoms with Crippen LogP contribution in [0.3, 0.4) is 0 Å². The van der Waals surface area contributed by atoms with E-state index in [1.54, 1.807) is 0 Å². The van der Waals surface area contributed by atoms with Crippen molar-refractivity contribution < 1.29 is 5.11 Å². The molecule has 0 spiro atoms. The molecule has 1 aromatic rings. The van der Waals surface area contributed by atoms with Crippen molar-refractivity contribution in [3.05, 3.63) is 35.0 Å². The highest BCUT2D eigenvalue weighted by molar-refractivity contribution is 5.56. The van der Waals surface area contributed by atoms with Crippen LogP contribution < -0.4 is 10.6 Å². The highest BCUT2D eigenvalue weighted by atomic mass is 16.3. The van der Waals surface area contributed by atoms with E-state index in [0.717, 1.165) is 43.9 Å². The maximum atomic E-state index is 10.7. The number of rotatable bonds is 9. The van der Waals surface area contributed by atoms with E-state index in [-0.39, 0.29) is 0 Å². The Morgan fingerprint density at radius 3 is 2.50 bits per heavy atom. The van der Waals surface area contributed by atoms with E-state index in [4.69, 9.17) is 0 Å². The number of aliphatic hydroxyl groups is 1. The Bertz CT molecular complexity index is 563. The van der Waals surface area contributed by atoms with Crippen LogP contribution in [0.1, 0.15) is 66.2 Å². The van der Waals surface area contributed by atoms with Gasteiger partial charge < -0.3 is 10.1 Å². The summed E-state index contributed by atoms with van der Waals surface area (Å²) in [7, 11) is 0. The molecule has 0 aliphatic heterocycles. The van der Waals surface area contributed by atoms with Gasteiger partial charge in [-0.15, -0.1) is 0 Å². The molecule has 0 radical (unpaired) electrons. The number of H-pyrrole nitrogens is 1. The Hall–Kier alpha value is -1.28. The van der Waals surface area contributed by atoms with Crippen LogP contribution in [0.5, 0.6) is 0 Å². The van der Waals surface area contributed by atoms with Crippen LogP contribution >= 0.6 is 0 Å². The second-order valence-electron chi connectivity index (χ2n) is 6.20. The molecular weight excluding hydrogens is 270 g/mol. The third-order valence-corrected chi connectivity index (χ3v) is 5.02. The number of aromatic amines is 1. The minimum absolute atomic E-state index is 0.389. The Morgan fingerprint density at radius 1 is 1.36 bits per heavy atom. The SMILES string of the molecule is C=c1[nH]cc/c1=C(/C=C\C)CCCC(CC)C(O)(CC)CC. The van der Waals surface area contributed by atoms with Gasteiger partial charge in [-0.3, -0.25) is 0 Å². The fraction of sp³-hybridized carbons (Fsp3) is 0.600. The maximum Gasteiger partial charge on any atom is 0.0670 e. The predicted octanol–water partition coefficient (Wildman–Crippen LogP) is 3.90. The summed E-state index contributed by atoms with van der Waals surface area (Å²) >= 11 is 0. The summed E-state index contributed by atoms with van der Waals surface area (Å²) in [4.78, 5) is 3.15. The summed E-state index contributed by atoms with van der Waals surface area (Å²) in [5.74, 6) is 0.389. The van der Waals surface area contributed by atoms with Gasteiger partial charge in [-0.05, 0) is 56.6 Å². The predicted molar refractivity (Wildman–Crippen MR) is 97.0 cm³/mol. The summed E-state index contributed by atoms with van der Waals surface area (Å²) in [6, 6.07) is 2.10. The summed E-state index contributed by atoms with van der Waals surface area (Å²) in [5.41, 5.74) is 0.835. The maximum absolute atomic E-state index is 10.7.